The fourth-order valence-corrected chi connectivity index (χ4v) is 3.52. The Labute approximate surface area is 138 Å². The van der Waals surface area contributed by atoms with E-state index in [1.54, 1.807) is 0 Å². The Morgan fingerprint density at radius 1 is 1.48 bits per heavy atom. The van der Waals surface area contributed by atoms with Crippen LogP contribution in [0, 0.1) is 6.92 Å². The Balaban J connectivity index is 1.49. The van der Waals surface area contributed by atoms with Gasteiger partial charge in [0.15, 0.2) is 0 Å². The summed E-state index contributed by atoms with van der Waals surface area (Å²) in [7, 11) is 0. The number of carbonyl (C=O) groups excluding carboxylic acids is 1. The lowest BCUT2D eigenvalue weighted by molar-refractivity contribution is -0.0136. The first-order chi connectivity index (χ1) is 10.9. The van der Waals surface area contributed by atoms with Crippen molar-refractivity contribution in [1.82, 2.24) is 20.0 Å². The highest BCUT2D eigenvalue weighted by molar-refractivity contribution is 5.74. The molecule has 1 aromatic rings. The number of piperidine rings is 1. The second-order valence-electron chi connectivity index (χ2n) is 7.46. The molecule has 3 rings (SSSR count). The number of nitrogens with one attached hydrogen (secondary N) is 1. The summed E-state index contributed by atoms with van der Waals surface area (Å²) in [5, 5.41) is 7.44. The summed E-state index contributed by atoms with van der Waals surface area (Å²) < 4.78 is 7.93. The lowest BCUT2D eigenvalue weighted by Crippen LogP contribution is -2.47. The number of ether oxygens (including phenoxy) is 1. The molecular formula is C17H28N4O2. The molecule has 0 bridgehead atoms. The highest BCUT2D eigenvalue weighted by Gasteiger charge is 2.32. The molecule has 128 valence electrons. The monoisotopic (exact) mass is 320 g/mol. The van der Waals surface area contributed by atoms with Gasteiger partial charge < -0.3 is 15.0 Å². The van der Waals surface area contributed by atoms with Crippen LogP contribution in [0.2, 0.25) is 0 Å². The Hall–Kier alpha value is -1.56. The van der Waals surface area contributed by atoms with Crippen LogP contribution < -0.4 is 5.32 Å². The van der Waals surface area contributed by atoms with Crippen LogP contribution in [0.15, 0.2) is 12.4 Å². The second-order valence-corrected chi connectivity index (χ2v) is 7.46. The van der Waals surface area contributed by atoms with E-state index in [9.17, 15) is 4.79 Å². The number of urea groups is 1. The lowest BCUT2D eigenvalue weighted by atomic mass is 10.1. The average molecular weight is 320 g/mol. The number of carbonyl (C=O) groups is 1. The van der Waals surface area contributed by atoms with Crippen molar-refractivity contribution in [2.24, 2.45) is 0 Å². The van der Waals surface area contributed by atoms with Gasteiger partial charge in [-0.15, -0.1) is 0 Å². The molecule has 0 spiro atoms. The summed E-state index contributed by atoms with van der Waals surface area (Å²) in [6.07, 6.45) is 8.23. The van der Waals surface area contributed by atoms with Crippen LogP contribution >= 0.6 is 0 Å². The number of amides is 2. The molecule has 0 radical (unpaired) electrons. The van der Waals surface area contributed by atoms with E-state index in [4.69, 9.17) is 4.74 Å². The first-order valence-electron chi connectivity index (χ1n) is 8.64. The maximum Gasteiger partial charge on any atom is 0.317 e. The van der Waals surface area contributed by atoms with Crippen LogP contribution in [0.1, 0.15) is 51.1 Å². The normalized spacial score (nSPS) is 27.2. The molecule has 2 aliphatic rings. The Morgan fingerprint density at radius 3 is 2.96 bits per heavy atom. The van der Waals surface area contributed by atoms with Gasteiger partial charge in [-0.3, -0.25) is 4.68 Å². The molecule has 6 nitrogen and oxygen atoms in total. The Morgan fingerprint density at radius 2 is 2.30 bits per heavy atom. The van der Waals surface area contributed by atoms with Gasteiger partial charge >= 0.3 is 6.03 Å². The van der Waals surface area contributed by atoms with Crippen molar-refractivity contribution in [2.45, 2.75) is 64.2 Å². The van der Waals surface area contributed by atoms with Crippen molar-refractivity contribution in [1.29, 1.82) is 0 Å². The number of aromatic nitrogens is 2. The van der Waals surface area contributed by atoms with Gasteiger partial charge in [-0.05, 0) is 52.0 Å². The van der Waals surface area contributed by atoms with Crippen LogP contribution in [0.3, 0.4) is 0 Å². The number of likely N-dealkylation sites (tertiary alicyclic amines) is 1. The van der Waals surface area contributed by atoms with Gasteiger partial charge in [0.05, 0.1) is 23.9 Å². The lowest BCUT2D eigenvalue weighted by Gasteiger charge is -2.33. The van der Waals surface area contributed by atoms with Gasteiger partial charge in [-0.2, -0.15) is 5.10 Å². The van der Waals surface area contributed by atoms with Crippen LogP contribution in [0.25, 0.3) is 0 Å². The highest BCUT2D eigenvalue weighted by atomic mass is 16.5. The summed E-state index contributed by atoms with van der Waals surface area (Å²) in [6, 6.07) is 0.303. The SMILES string of the molecule is Cc1cnn([C@H]2CCCN(C(=O)NC[C@H]3CCC(C)(C)O3)C2)c1. The second kappa shape index (κ2) is 6.51. The van der Waals surface area contributed by atoms with Gasteiger partial charge in [0.2, 0.25) is 0 Å². The standard InChI is InChI=1S/C17H28N4O2/c1-13-9-19-21(11-13)14-5-4-8-20(12-14)16(22)18-10-15-6-7-17(2,3)23-15/h9,11,14-15H,4-8,10,12H2,1-3H3,(H,18,22)/t14-,15+/m0/s1. The quantitative estimate of drug-likeness (QED) is 0.931. The Kier molecular flexibility index (Phi) is 4.62. The van der Waals surface area contributed by atoms with Gasteiger partial charge in [0.25, 0.3) is 0 Å². The molecule has 2 aliphatic heterocycles. The molecular weight excluding hydrogens is 292 g/mol. The van der Waals surface area contributed by atoms with Gasteiger partial charge in [-0.25, -0.2) is 4.79 Å². The van der Waals surface area contributed by atoms with E-state index in [-0.39, 0.29) is 23.8 Å². The zero-order valence-corrected chi connectivity index (χ0v) is 14.4. The van der Waals surface area contributed by atoms with E-state index in [0.717, 1.165) is 44.3 Å². The summed E-state index contributed by atoms with van der Waals surface area (Å²) in [4.78, 5) is 14.3. The maximum absolute atomic E-state index is 12.4. The molecule has 2 fully saturated rings. The summed E-state index contributed by atoms with van der Waals surface area (Å²) in [6.45, 7) is 8.40. The Bertz CT molecular complexity index is 555. The van der Waals surface area contributed by atoms with Crippen LogP contribution in [-0.4, -0.2) is 52.1 Å². The molecule has 2 atom stereocenters. The predicted molar refractivity (Wildman–Crippen MR) is 88.4 cm³/mol. The van der Waals surface area contributed by atoms with Gasteiger partial charge in [-0.1, -0.05) is 0 Å². The molecule has 0 aliphatic carbocycles. The zero-order chi connectivity index (χ0) is 16.4. The first kappa shape index (κ1) is 16.3. The van der Waals surface area contributed by atoms with Crippen LogP contribution in [0.4, 0.5) is 4.79 Å². The van der Waals surface area contributed by atoms with E-state index < -0.39 is 0 Å². The summed E-state index contributed by atoms with van der Waals surface area (Å²) in [5.41, 5.74) is 1.11. The first-order valence-corrected chi connectivity index (χ1v) is 8.64. The molecule has 2 saturated heterocycles. The molecule has 6 heteroatoms. The smallest absolute Gasteiger partial charge is 0.317 e. The minimum atomic E-state index is -0.0520. The number of hydrogen-bond donors (Lipinski definition) is 1. The summed E-state index contributed by atoms with van der Waals surface area (Å²) in [5.74, 6) is 0. The molecule has 0 aromatic carbocycles. The largest absolute Gasteiger partial charge is 0.371 e. The fraction of sp³-hybridized carbons (Fsp3) is 0.765. The number of nitrogens with zero attached hydrogens (tertiary/aromatic N) is 3. The molecule has 0 saturated carbocycles. The van der Waals surface area contributed by atoms with Crippen molar-refractivity contribution in [3.8, 4) is 0 Å². The van der Waals surface area contributed by atoms with E-state index in [2.05, 4.69) is 30.5 Å². The van der Waals surface area contributed by atoms with Crippen LogP contribution in [0.5, 0.6) is 0 Å². The molecule has 1 N–H and O–H groups in total. The molecule has 23 heavy (non-hydrogen) atoms. The molecule has 0 unspecified atom stereocenters. The molecule has 2 amide bonds. The van der Waals surface area contributed by atoms with Crippen molar-refractivity contribution < 1.29 is 9.53 Å². The maximum atomic E-state index is 12.4. The van der Waals surface area contributed by atoms with E-state index in [0.29, 0.717) is 6.54 Å². The van der Waals surface area contributed by atoms with Gasteiger partial charge in [0, 0.05) is 25.8 Å². The van der Waals surface area contributed by atoms with Crippen molar-refractivity contribution in [2.75, 3.05) is 19.6 Å². The topological polar surface area (TPSA) is 59.4 Å². The van der Waals surface area contributed by atoms with E-state index in [1.165, 1.54) is 0 Å². The minimum absolute atomic E-state index is 0.0203. The zero-order valence-electron chi connectivity index (χ0n) is 14.4. The number of rotatable bonds is 3. The third-order valence-electron chi connectivity index (χ3n) is 4.82. The van der Waals surface area contributed by atoms with Crippen molar-refractivity contribution in [3.63, 3.8) is 0 Å². The van der Waals surface area contributed by atoms with Gasteiger partial charge in [0.1, 0.15) is 0 Å². The average Bonchev–Trinajstić information content (AvgIpc) is 3.10. The van der Waals surface area contributed by atoms with Crippen molar-refractivity contribution >= 4 is 6.03 Å². The minimum Gasteiger partial charge on any atom is -0.371 e. The number of aryl methyl sites for hydroxylation is 1. The third kappa shape index (κ3) is 4.05. The van der Waals surface area contributed by atoms with E-state index in [1.807, 2.05) is 22.7 Å². The fourth-order valence-electron chi connectivity index (χ4n) is 3.52. The molecule has 1 aromatic heterocycles. The molecule has 3 heterocycles. The van der Waals surface area contributed by atoms with Crippen molar-refractivity contribution in [3.05, 3.63) is 18.0 Å². The highest BCUT2D eigenvalue weighted by Crippen LogP contribution is 2.29. The predicted octanol–water partition coefficient (Wildman–Crippen LogP) is 2.50. The number of hydrogen-bond acceptors (Lipinski definition) is 3. The summed E-state index contributed by atoms with van der Waals surface area (Å²) >= 11 is 0. The third-order valence-corrected chi connectivity index (χ3v) is 4.82. The van der Waals surface area contributed by atoms with Crippen LogP contribution in [-0.2, 0) is 4.74 Å². The van der Waals surface area contributed by atoms with E-state index >= 15 is 0 Å².